The maximum atomic E-state index is 12.3. The number of nitrogens with zero attached hydrogens (tertiary/aromatic N) is 1. The summed E-state index contributed by atoms with van der Waals surface area (Å²) >= 11 is 0. The summed E-state index contributed by atoms with van der Waals surface area (Å²) in [4.78, 5) is 16.9. The fraction of sp³-hybridized carbons (Fsp3) is 0.647. The van der Waals surface area contributed by atoms with Gasteiger partial charge >= 0.3 is 0 Å². The zero-order valence-corrected chi connectivity index (χ0v) is 12.3. The lowest BCUT2D eigenvalue weighted by molar-refractivity contribution is -0.122. The molecule has 0 saturated heterocycles. The fourth-order valence-corrected chi connectivity index (χ4v) is 3.31. The number of rotatable bonds is 5. The summed E-state index contributed by atoms with van der Waals surface area (Å²) in [7, 11) is 0. The molecule has 1 amide bonds. The molecule has 2 aliphatic carbocycles. The van der Waals surface area contributed by atoms with E-state index < -0.39 is 0 Å². The molecule has 0 bridgehead atoms. The largest absolute Gasteiger partial charge is 0.347 e. The first-order chi connectivity index (χ1) is 9.72. The summed E-state index contributed by atoms with van der Waals surface area (Å²) in [6.07, 6.45) is 8.17. The van der Waals surface area contributed by atoms with Gasteiger partial charge in [-0.2, -0.15) is 0 Å². The van der Waals surface area contributed by atoms with Crippen molar-refractivity contribution < 1.29 is 4.79 Å². The monoisotopic (exact) mass is 272 g/mol. The van der Waals surface area contributed by atoms with Gasteiger partial charge in [-0.3, -0.25) is 9.78 Å². The average molecular weight is 272 g/mol. The smallest absolute Gasteiger partial charge is 0.220 e. The Morgan fingerprint density at radius 3 is 2.70 bits per heavy atom. The number of hydrogen-bond donors (Lipinski definition) is 1. The van der Waals surface area contributed by atoms with E-state index in [-0.39, 0.29) is 11.9 Å². The summed E-state index contributed by atoms with van der Waals surface area (Å²) in [5.74, 6) is 1.43. The van der Waals surface area contributed by atoms with Crippen molar-refractivity contribution in [2.24, 2.45) is 11.8 Å². The van der Waals surface area contributed by atoms with Gasteiger partial charge in [0.05, 0.1) is 11.7 Å². The van der Waals surface area contributed by atoms with Gasteiger partial charge in [0.15, 0.2) is 0 Å². The molecular formula is C17H24N2O. The van der Waals surface area contributed by atoms with Crippen molar-refractivity contribution >= 4 is 5.91 Å². The first-order valence-electron chi connectivity index (χ1n) is 7.95. The molecule has 2 aliphatic rings. The molecule has 1 aromatic rings. The molecule has 20 heavy (non-hydrogen) atoms. The number of aromatic nitrogens is 1. The van der Waals surface area contributed by atoms with E-state index in [4.69, 9.17) is 0 Å². The summed E-state index contributed by atoms with van der Waals surface area (Å²) < 4.78 is 0. The van der Waals surface area contributed by atoms with Gasteiger partial charge < -0.3 is 5.32 Å². The maximum absolute atomic E-state index is 12.3. The highest BCUT2D eigenvalue weighted by Gasteiger charge is 2.34. The third-order valence-corrected chi connectivity index (χ3v) is 4.59. The van der Waals surface area contributed by atoms with Crippen molar-refractivity contribution in [1.82, 2.24) is 10.3 Å². The van der Waals surface area contributed by atoms with Gasteiger partial charge in [-0.1, -0.05) is 18.9 Å². The van der Waals surface area contributed by atoms with Crippen LogP contribution in [0.2, 0.25) is 0 Å². The van der Waals surface area contributed by atoms with Gasteiger partial charge in [0.2, 0.25) is 5.91 Å². The number of aryl methyl sites for hydroxylation is 1. The third-order valence-electron chi connectivity index (χ3n) is 4.59. The van der Waals surface area contributed by atoms with Gasteiger partial charge in [0.25, 0.3) is 0 Å². The minimum Gasteiger partial charge on any atom is -0.347 e. The van der Waals surface area contributed by atoms with Crippen LogP contribution in [-0.4, -0.2) is 10.9 Å². The van der Waals surface area contributed by atoms with Crippen molar-refractivity contribution in [3.8, 4) is 0 Å². The van der Waals surface area contributed by atoms with Crippen molar-refractivity contribution in [3.05, 3.63) is 29.6 Å². The second kappa shape index (κ2) is 5.94. The van der Waals surface area contributed by atoms with Crippen LogP contribution in [0, 0.1) is 18.8 Å². The van der Waals surface area contributed by atoms with E-state index in [1.54, 1.807) is 0 Å². The fourth-order valence-electron chi connectivity index (χ4n) is 3.31. The highest BCUT2D eigenvalue weighted by molar-refractivity contribution is 5.76. The van der Waals surface area contributed by atoms with Crippen molar-refractivity contribution in [1.29, 1.82) is 0 Å². The molecular weight excluding hydrogens is 248 g/mol. The quantitative estimate of drug-likeness (QED) is 0.891. The van der Waals surface area contributed by atoms with Crippen LogP contribution in [0.25, 0.3) is 0 Å². The van der Waals surface area contributed by atoms with E-state index in [0.717, 1.165) is 11.4 Å². The van der Waals surface area contributed by atoms with E-state index in [0.29, 0.717) is 18.3 Å². The standard InChI is InChI=1S/C17H24N2O/c1-12-5-4-8-15(18-12)17(14-9-10-14)19-16(20)11-13-6-2-3-7-13/h4-5,8,13-14,17H,2-3,6-7,9-11H2,1H3,(H,19,20). The first kappa shape index (κ1) is 13.6. The SMILES string of the molecule is Cc1cccc(C(NC(=O)CC2CCCC2)C2CC2)n1. The van der Waals surface area contributed by atoms with E-state index in [2.05, 4.69) is 10.3 Å². The van der Waals surface area contributed by atoms with Crippen LogP contribution < -0.4 is 5.32 Å². The van der Waals surface area contributed by atoms with Crippen molar-refractivity contribution in [3.63, 3.8) is 0 Å². The normalized spacial score (nSPS) is 20.9. The second-order valence-electron chi connectivity index (χ2n) is 6.44. The van der Waals surface area contributed by atoms with Gasteiger partial charge in [0.1, 0.15) is 0 Å². The molecule has 2 saturated carbocycles. The zero-order chi connectivity index (χ0) is 13.9. The number of hydrogen-bond acceptors (Lipinski definition) is 2. The molecule has 0 radical (unpaired) electrons. The van der Waals surface area contributed by atoms with Gasteiger partial charge in [-0.15, -0.1) is 0 Å². The molecule has 1 atom stereocenters. The van der Waals surface area contributed by atoms with E-state index in [1.165, 1.54) is 38.5 Å². The van der Waals surface area contributed by atoms with Gasteiger partial charge in [0, 0.05) is 12.1 Å². The number of pyridine rings is 1. The Morgan fingerprint density at radius 2 is 2.05 bits per heavy atom. The van der Waals surface area contributed by atoms with Crippen molar-refractivity contribution in [2.75, 3.05) is 0 Å². The molecule has 1 unspecified atom stereocenters. The summed E-state index contributed by atoms with van der Waals surface area (Å²) in [6, 6.07) is 6.22. The molecule has 1 aromatic heterocycles. The Bertz CT molecular complexity index is 476. The lowest BCUT2D eigenvalue weighted by Crippen LogP contribution is -2.31. The molecule has 3 rings (SSSR count). The highest BCUT2D eigenvalue weighted by atomic mass is 16.1. The molecule has 0 aliphatic heterocycles. The van der Waals surface area contributed by atoms with Crippen LogP contribution >= 0.6 is 0 Å². The molecule has 108 valence electrons. The van der Waals surface area contributed by atoms with E-state index in [9.17, 15) is 4.79 Å². The molecule has 0 spiro atoms. The van der Waals surface area contributed by atoms with Gasteiger partial charge in [-0.25, -0.2) is 0 Å². The predicted molar refractivity (Wildman–Crippen MR) is 79.2 cm³/mol. The van der Waals surface area contributed by atoms with Crippen LogP contribution in [0.15, 0.2) is 18.2 Å². The maximum Gasteiger partial charge on any atom is 0.220 e. The number of carbonyl (C=O) groups is 1. The van der Waals surface area contributed by atoms with Crippen LogP contribution in [-0.2, 0) is 4.79 Å². The molecule has 0 aromatic carbocycles. The third kappa shape index (κ3) is 3.38. The molecule has 1 heterocycles. The average Bonchev–Trinajstić information content (AvgIpc) is 3.14. The van der Waals surface area contributed by atoms with Crippen LogP contribution in [0.1, 0.15) is 62.4 Å². The Balaban J connectivity index is 1.63. The summed E-state index contributed by atoms with van der Waals surface area (Å²) in [6.45, 7) is 2.01. The number of nitrogens with one attached hydrogen (secondary N) is 1. The summed E-state index contributed by atoms with van der Waals surface area (Å²) in [5, 5.41) is 3.25. The Hall–Kier alpha value is -1.38. The van der Waals surface area contributed by atoms with Crippen LogP contribution in [0.5, 0.6) is 0 Å². The van der Waals surface area contributed by atoms with E-state index in [1.807, 2.05) is 25.1 Å². The first-order valence-corrected chi connectivity index (χ1v) is 7.95. The minimum absolute atomic E-state index is 0.129. The molecule has 1 N–H and O–H groups in total. The topological polar surface area (TPSA) is 42.0 Å². The van der Waals surface area contributed by atoms with Gasteiger partial charge in [-0.05, 0) is 56.6 Å². The van der Waals surface area contributed by atoms with Crippen LogP contribution in [0.4, 0.5) is 0 Å². The Labute approximate surface area is 121 Å². The minimum atomic E-state index is 0.129. The van der Waals surface area contributed by atoms with Crippen molar-refractivity contribution in [2.45, 2.75) is 57.9 Å². The zero-order valence-electron chi connectivity index (χ0n) is 12.3. The Kier molecular flexibility index (Phi) is 4.04. The highest BCUT2D eigenvalue weighted by Crippen LogP contribution is 2.40. The molecule has 3 heteroatoms. The lowest BCUT2D eigenvalue weighted by Gasteiger charge is -2.19. The lowest BCUT2D eigenvalue weighted by atomic mass is 10.0. The molecule has 3 nitrogen and oxygen atoms in total. The predicted octanol–water partition coefficient (Wildman–Crippen LogP) is 3.54. The number of amides is 1. The van der Waals surface area contributed by atoms with Crippen LogP contribution in [0.3, 0.4) is 0 Å². The second-order valence-corrected chi connectivity index (χ2v) is 6.44. The van der Waals surface area contributed by atoms with E-state index >= 15 is 0 Å². The summed E-state index contributed by atoms with van der Waals surface area (Å²) in [5.41, 5.74) is 2.06. The Morgan fingerprint density at radius 1 is 1.30 bits per heavy atom. The molecule has 2 fully saturated rings. The number of carbonyl (C=O) groups excluding carboxylic acids is 1.